The van der Waals surface area contributed by atoms with Gasteiger partial charge >= 0.3 is 5.69 Å². The first kappa shape index (κ1) is 8.73. The average Bonchev–Trinajstić information content (AvgIpc) is 2.03. The highest BCUT2D eigenvalue weighted by Gasteiger charge is 2.01. The summed E-state index contributed by atoms with van der Waals surface area (Å²) in [5.74, 6) is 0. The van der Waals surface area contributed by atoms with Crippen molar-refractivity contribution in [2.75, 3.05) is 7.05 Å². The van der Waals surface area contributed by atoms with Crippen molar-refractivity contribution >= 4 is 0 Å². The van der Waals surface area contributed by atoms with E-state index in [1.165, 1.54) is 16.8 Å². The minimum absolute atomic E-state index is 0.116. The van der Waals surface area contributed by atoms with Crippen LogP contribution in [-0.4, -0.2) is 16.6 Å². The predicted octanol–water partition coefficient (Wildman–Crippen LogP) is -0.726. The lowest BCUT2D eigenvalue weighted by Gasteiger charge is -2.11. The summed E-state index contributed by atoms with van der Waals surface area (Å²) in [7, 11) is 1.74. The Morgan fingerprint density at radius 2 is 2.25 bits per heavy atom. The van der Waals surface area contributed by atoms with Gasteiger partial charge < -0.3 is 5.32 Å². The highest BCUT2D eigenvalue weighted by Crippen LogP contribution is 1.91. The summed E-state index contributed by atoms with van der Waals surface area (Å²) in [4.78, 5) is 23.9. The number of aromatic amines is 1. The third-order valence-electron chi connectivity index (χ3n) is 1.69. The first-order valence-electron chi connectivity index (χ1n) is 3.64. The Morgan fingerprint density at radius 1 is 1.58 bits per heavy atom. The summed E-state index contributed by atoms with van der Waals surface area (Å²) in [5.41, 5.74) is -0.774. The summed E-state index contributed by atoms with van der Waals surface area (Å²) in [6.45, 7) is 1.82. The molecule has 12 heavy (non-hydrogen) atoms. The molecule has 2 N–H and O–H groups in total. The molecule has 1 aromatic heterocycles. The van der Waals surface area contributed by atoms with E-state index in [1.54, 1.807) is 7.05 Å². The summed E-state index contributed by atoms with van der Waals surface area (Å²) >= 11 is 0. The molecule has 66 valence electrons. The van der Waals surface area contributed by atoms with E-state index in [0.29, 0.717) is 0 Å². The molecule has 1 aromatic rings. The van der Waals surface area contributed by atoms with Crippen LogP contribution in [0.2, 0.25) is 0 Å². The van der Waals surface area contributed by atoms with Crippen LogP contribution >= 0.6 is 0 Å². The van der Waals surface area contributed by atoms with Crippen molar-refractivity contribution in [1.82, 2.24) is 14.9 Å². The summed E-state index contributed by atoms with van der Waals surface area (Å²) in [6, 6.07) is 1.31. The van der Waals surface area contributed by atoms with Gasteiger partial charge in [-0.05, 0) is 14.0 Å². The van der Waals surface area contributed by atoms with Crippen LogP contribution in [0.4, 0.5) is 0 Å². The maximum atomic E-state index is 11.1. The van der Waals surface area contributed by atoms with Crippen molar-refractivity contribution in [3.63, 3.8) is 0 Å². The van der Waals surface area contributed by atoms with Crippen molar-refractivity contribution in [2.45, 2.75) is 13.1 Å². The number of H-pyrrole nitrogens is 1. The van der Waals surface area contributed by atoms with Crippen molar-refractivity contribution in [3.8, 4) is 0 Å². The van der Waals surface area contributed by atoms with Gasteiger partial charge in [0.15, 0.2) is 0 Å². The molecule has 1 atom stereocenters. The van der Waals surface area contributed by atoms with Crippen LogP contribution in [0.1, 0.15) is 13.1 Å². The van der Waals surface area contributed by atoms with E-state index in [1.807, 2.05) is 6.92 Å². The van der Waals surface area contributed by atoms with Crippen molar-refractivity contribution in [1.29, 1.82) is 0 Å². The molecule has 0 aliphatic carbocycles. The minimum atomic E-state index is -0.399. The lowest BCUT2D eigenvalue weighted by atomic mass is 10.5. The quantitative estimate of drug-likeness (QED) is 0.613. The molecule has 0 radical (unpaired) electrons. The van der Waals surface area contributed by atoms with Gasteiger partial charge in [0.25, 0.3) is 5.56 Å². The molecule has 1 heterocycles. The molecule has 1 unspecified atom stereocenters. The molecule has 0 amide bonds. The minimum Gasteiger partial charge on any atom is -0.300 e. The largest absolute Gasteiger partial charge is 0.329 e. The Hall–Kier alpha value is -1.36. The van der Waals surface area contributed by atoms with Crippen molar-refractivity contribution in [3.05, 3.63) is 33.1 Å². The molecule has 5 nitrogen and oxygen atoms in total. The predicted molar refractivity (Wildman–Crippen MR) is 45.1 cm³/mol. The van der Waals surface area contributed by atoms with Crippen LogP contribution in [-0.2, 0) is 0 Å². The van der Waals surface area contributed by atoms with Crippen LogP contribution in [0, 0.1) is 0 Å². The zero-order chi connectivity index (χ0) is 9.14. The van der Waals surface area contributed by atoms with Crippen LogP contribution in [0.3, 0.4) is 0 Å². The van der Waals surface area contributed by atoms with Gasteiger partial charge in [0.05, 0.1) is 6.17 Å². The van der Waals surface area contributed by atoms with Gasteiger partial charge in [-0.3, -0.25) is 14.3 Å². The Labute approximate surface area is 69.0 Å². The molecule has 0 aliphatic rings. The number of nitrogens with one attached hydrogen (secondary N) is 2. The fraction of sp³-hybridized carbons (Fsp3) is 0.429. The number of rotatable bonds is 2. The molecule has 5 heteroatoms. The van der Waals surface area contributed by atoms with Crippen molar-refractivity contribution < 1.29 is 0 Å². The molecule has 0 aliphatic heterocycles. The normalized spacial score (nSPS) is 12.8. The van der Waals surface area contributed by atoms with Gasteiger partial charge in [0.1, 0.15) is 0 Å². The maximum Gasteiger partial charge on any atom is 0.329 e. The maximum absolute atomic E-state index is 11.1. The van der Waals surface area contributed by atoms with E-state index in [2.05, 4.69) is 10.3 Å². The molecule has 1 rings (SSSR count). The Morgan fingerprint density at radius 3 is 2.75 bits per heavy atom. The fourth-order valence-corrected chi connectivity index (χ4v) is 0.871. The van der Waals surface area contributed by atoms with Crippen LogP contribution < -0.4 is 16.6 Å². The Kier molecular flexibility index (Phi) is 2.44. The topological polar surface area (TPSA) is 66.9 Å². The van der Waals surface area contributed by atoms with Crippen LogP contribution in [0.25, 0.3) is 0 Å². The van der Waals surface area contributed by atoms with Gasteiger partial charge in [-0.1, -0.05) is 0 Å². The van der Waals surface area contributed by atoms with Gasteiger partial charge in [0, 0.05) is 12.3 Å². The molecule has 0 saturated heterocycles. The molecule has 0 aromatic carbocycles. The molecule has 0 saturated carbocycles. The number of nitrogens with zero attached hydrogens (tertiary/aromatic N) is 1. The second-order valence-corrected chi connectivity index (χ2v) is 2.48. The smallest absolute Gasteiger partial charge is 0.300 e. The first-order chi connectivity index (χ1) is 5.65. The number of hydrogen-bond acceptors (Lipinski definition) is 3. The highest BCUT2D eigenvalue weighted by atomic mass is 16.2. The zero-order valence-corrected chi connectivity index (χ0v) is 7.00. The molecule has 0 fully saturated rings. The van der Waals surface area contributed by atoms with E-state index in [0.717, 1.165) is 0 Å². The van der Waals surface area contributed by atoms with Gasteiger partial charge in [-0.2, -0.15) is 0 Å². The molecule has 0 bridgehead atoms. The van der Waals surface area contributed by atoms with E-state index in [-0.39, 0.29) is 11.7 Å². The zero-order valence-electron chi connectivity index (χ0n) is 7.00. The van der Waals surface area contributed by atoms with Gasteiger partial charge in [0.2, 0.25) is 0 Å². The Balaban J connectivity index is 3.19. The number of aromatic nitrogens is 2. The fourth-order valence-electron chi connectivity index (χ4n) is 0.871. The lowest BCUT2D eigenvalue weighted by molar-refractivity contribution is 0.454. The second kappa shape index (κ2) is 3.36. The molecular formula is C7H11N3O2. The van der Waals surface area contributed by atoms with Crippen molar-refractivity contribution in [2.24, 2.45) is 0 Å². The average molecular weight is 169 g/mol. The lowest BCUT2D eigenvalue weighted by Crippen LogP contribution is -2.34. The Bertz CT molecular complexity index is 365. The highest BCUT2D eigenvalue weighted by molar-refractivity contribution is 4.84. The van der Waals surface area contributed by atoms with E-state index in [9.17, 15) is 9.59 Å². The third kappa shape index (κ3) is 1.62. The number of hydrogen-bond donors (Lipinski definition) is 2. The van der Waals surface area contributed by atoms with Gasteiger partial charge in [-0.15, -0.1) is 0 Å². The summed E-state index contributed by atoms with van der Waals surface area (Å²) in [6.07, 6.45) is 1.34. The molecule has 0 spiro atoms. The summed E-state index contributed by atoms with van der Waals surface area (Å²) < 4.78 is 1.40. The van der Waals surface area contributed by atoms with E-state index < -0.39 is 5.69 Å². The third-order valence-corrected chi connectivity index (χ3v) is 1.69. The van der Waals surface area contributed by atoms with E-state index >= 15 is 0 Å². The monoisotopic (exact) mass is 169 g/mol. The molecular weight excluding hydrogens is 158 g/mol. The van der Waals surface area contributed by atoms with Crippen LogP contribution in [0.15, 0.2) is 21.9 Å². The SMILES string of the molecule is CNC(C)n1ccc(=O)[nH]c1=O. The first-order valence-corrected chi connectivity index (χ1v) is 3.64. The van der Waals surface area contributed by atoms with Crippen LogP contribution in [0.5, 0.6) is 0 Å². The standard InChI is InChI=1S/C7H11N3O2/c1-5(8-2)10-4-3-6(11)9-7(10)12/h3-5,8H,1-2H3,(H,9,11,12). The second-order valence-electron chi connectivity index (χ2n) is 2.48. The summed E-state index contributed by atoms with van der Waals surface area (Å²) in [5, 5.41) is 2.88. The van der Waals surface area contributed by atoms with E-state index in [4.69, 9.17) is 0 Å². The van der Waals surface area contributed by atoms with Gasteiger partial charge in [-0.25, -0.2) is 4.79 Å².